The number of nitrogens with one attached hydrogen (secondary N) is 1. The molecule has 2 rings (SSSR count). The summed E-state index contributed by atoms with van der Waals surface area (Å²) in [6.07, 6.45) is 4.72. The summed E-state index contributed by atoms with van der Waals surface area (Å²) in [6, 6.07) is 3.02. The first-order valence-electron chi connectivity index (χ1n) is 7.57. The molecule has 4 heteroatoms. The Balaban J connectivity index is 2.02. The highest BCUT2D eigenvalue weighted by Crippen LogP contribution is 2.33. The van der Waals surface area contributed by atoms with E-state index in [1.165, 1.54) is 25.3 Å². The second-order valence-corrected chi connectivity index (χ2v) is 5.77. The lowest BCUT2D eigenvalue weighted by molar-refractivity contribution is 0.301. The molecule has 0 saturated heterocycles. The average Bonchev–Trinajstić information content (AvgIpc) is 2.82. The van der Waals surface area contributed by atoms with Crippen molar-refractivity contribution in [2.75, 3.05) is 24.2 Å². The van der Waals surface area contributed by atoms with Gasteiger partial charge in [0.1, 0.15) is 0 Å². The van der Waals surface area contributed by atoms with Crippen LogP contribution in [0.1, 0.15) is 39.5 Å². The number of halogens is 1. The van der Waals surface area contributed by atoms with Crippen molar-refractivity contribution in [2.24, 2.45) is 11.8 Å². The van der Waals surface area contributed by atoms with Crippen LogP contribution >= 0.6 is 0 Å². The largest absolute Gasteiger partial charge is 0.490 e. The molecular formula is C16H25FN2O. The molecule has 1 saturated carbocycles. The van der Waals surface area contributed by atoms with Crippen molar-refractivity contribution in [3.63, 3.8) is 0 Å². The molecule has 3 N–H and O–H groups in total. The molecule has 112 valence electrons. The van der Waals surface area contributed by atoms with E-state index in [0.29, 0.717) is 18.2 Å². The van der Waals surface area contributed by atoms with Gasteiger partial charge in [-0.3, -0.25) is 0 Å². The molecular weight excluding hydrogens is 255 g/mol. The second-order valence-electron chi connectivity index (χ2n) is 5.77. The van der Waals surface area contributed by atoms with Crippen molar-refractivity contribution in [2.45, 2.75) is 39.5 Å². The van der Waals surface area contributed by atoms with Crippen molar-refractivity contribution in [1.82, 2.24) is 0 Å². The topological polar surface area (TPSA) is 47.3 Å². The average molecular weight is 280 g/mol. The summed E-state index contributed by atoms with van der Waals surface area (Å²) in [6.45, 7) is 5.70. The van der Waals surface area contributed by atoms with E-state index in [1.807, 2.05) is 6.92 Å². The van der Waals surface area contributed by atoms with Gasteiger partial charge in [0.2, 0.25) is 0 Å². The number of anilines is 2. The van der Waals surface area contributed by atoms with Crippen molar-refractivity contribution in [3.8, 4) is 5.75 Å². The Morgan fingerprint density at radius 3 is 2.85 bits per heavy atom. The van der Waals surface area contributed by atoms with Gasteiger partial charge in [-0.1, -0.05) is 26.7 Å². The van der Waals surface area contributed by atoms with Crippen LogP contribution in [0.25, 0.3) is 0 Å². The summed E-state index contributed by atoms with van der Waals surface area (Å²) in [5.41, 5.74) is 7.10. The number of ether oxygens (including phenoxy) is 1. The molecule has 1 aromatic rings. The number of hydrogen-bond donors (Lipinski definition) is 2. The van der Waals surface area contributed by atoms with Gasteiger partial charge >= 0.3 is 0 Å². The van der Waals surface area contributed by atoms with E-state index in [-0.39, 0.29) is 5.75 Å². The molecule has 0 spiro atoms. The van der Waals surface area contributed by atoms with Crippen molar-refractivity contribution < 1.29 is 9.13 Å². The fraction of sp³-hybridized carbons (Fsp3) is 0.625. The van der Waals surface area contributed by atoms with Gasteiger partial charge in [0, 0.05) is 18.7 Å². The minimum atomic E-state index is -0.393. The molecule has 1 aromatic carbocycles. The van der Waals surface area contributed by atoms with Gasteiger partial charge in [0.25, 0.3) is 0 Å². The van der Waals surface area contributed by atoms with Gasteiger partial charge in [-0.05, 0) is 24.7 Å². The van der Waals surface area contributed by atoms with E-state index in [2.05, 4.69) is 12.2 Å². The molecule has 2 atom stereocenters. The maximum Gasteiger partial charge on any atom is 0.167 e. The smallest absolute Gasteiger partial charge is 0.167 e. The first-order valence-corrected chi connectivity index (χ1v) is 7.57. The highest BCUT2D eigenvalue weighted by molar-refractivity contribution is 5.68. The highest BCUT2D eigenvalue weighted by atomic mass is 19.1. The lowest BCUT2D eigenvalue weighted by Crippen LogP contribution is -2.17. The summed E-state index contributed by atoms with van der Waals surface area (Å²) >= 11 is 0. The SMILES string of the molecule is CCCOc1cc(NCC2CCCC2C)c(N)cc1F. The molecule has 0 amide bonds. The van der Waals surface area contributed by atoms with Crippen LogP contribution in [0.5, 0.6) is 5.75 Å². The molecule has 3 nitrogen and oxygen atoms in total. The molecule has 2 unspecified atom stereocenters. The number of nitrogens with two attached hydrogens (primary N) is 1. The quantitative estimate of drug-likeness (QED) is 0.773. The molecule has 0 bridgehead atoms. The minimum Gasteiger partial charge on any atom is -0.490 e. The zero-order valence-corrected chi connectivity index (χ0v) is 12.4. The molecule has 0 aliphatic heterocycles. The molecule has 0 radical (unpaired) electrons. The summed E-state index contributed by atoms with van der Waals surface area (Å²) < 4.78 is 19.1. The fourth-order valence-electron chi connectivity index (χ4n) is 2.81. The first kappa shape index (κ1) is 14.9. The third-order valence-electron chi connectivity index (χ3n) is 4.16. The van der Waals surface area contributed by atoms with Gasteiger partial charge in [0.05, 0.1) is 18.0 Å². The maximum absolute atomic E-state index is 13.7. The lowest BCUT2D eigenvalue weighted by Gasteiger charge is -2.18. The monoisotopic (exact) mass is 280 g/mol. The van der Waals surface area contributed by atoms with E-state index < -0.39 is 5.82 Å². The number of nitrogen functional groups attached to an aromatic ring is 1. The normalized spacial score (nSPS) is 21.9. The standard InChI is InChI=1S/C16H25FN2O/c1-3-7-20-16-9-15(14(18)8-13(16)17)19-10-12-6-4-5-11(12)2/h8-9,11-12,19H,3-7,10,18H2,1-2H3. The van der Waals surface area contributed by atoms with Crippen LogP contribution in [0.15, 0.2) is 12.1 Å². The van der Waals surface area contributed by atoms with Crippen LogP contribution in [-0.4, -0.2) is 13.2 Å². The number of rotatable bonds is 6. The van der Waals surface area contributed by atoms with E-state index in [4.69, 9.17) is 10.5 Å². The van der Waals surface area contributed by atoms with Crippen LogP contribution in [0.2, 0.25) is 0 Å². The summed E-state index contributed by atoms with van der Waals surface area (Å²) in [7, 11) is 0. The molecule has 0 aromatic heterocycles. The molecule has 20 heavy (non-hydrogen) atoms. The van der Waals surface area contributed by atoms with E-state index in [9.17, 15) is 4.39 Å². The lowest BCUT2D eigenvalue weighted by atomic mass is 9.98. The molecule has 1 fully saturated rings. The summed E-state index contributed by atoms with van der Waals surface area (Å²) in [5.74, 6) is 1.32. The Morgan fingerprint density at radius 1 is 1.40 bits per heavy atom. The van der Waals surface area contributed by atoms with Gasteiger partial charge < -0.3 is 15.8 Å². The van der Waals surface area contributed by atoms with Crippen LogP contribution in [0, 0.1) is 17.7 Å². The Morgan fingerprint density at radius 2 is 2.20 bits per heavy atom. The van der Waals surface area contributed by atoms with Gasteiger partial charge in [-0.25, -0.2) is 4.39 Å². The van der Waals surface area contributed by atoms with Crippen LogP contribution < -0.4 is 15.8 Å². The fourth-order valence-corrected chi connectivity index (χ4v) is 2.81. The van der Waals surface area contributed by atoms with Crippen LogP contribution in [-0.2, 0) is 0 Å². The zero-order chi connectivity index (χ0) is 14.5. The Hall–Kier alpha value is -1.45. The third-order valence-corrected chi connectivity index (χ3v) is 4.16. The van der Waals surface area contributed by atoms with E-state index in [0.717, 1.165) is 24.6 Å². The Bertz CT molecular complexity index is 450. The van der Waals surface area contributed by atoms with Gasteiger partial charge in [-0.2, -0.15) is 0 Å². The molecule has 1 aliphatic rings. The van der Waals surface area contributed by atoms with Crippen molar-refractivity contribution >= 4 is 11.4 Å². The maximum atomic E-state index is 13.7. The summed E-state index contributed by atoms with van der Waals surface area (Å²) in [5, 5.41) is 3.36. The molecule has 1 aliphatic carbocycles. The zero-order valence-electron chi connectivity index (χ0n) is 12.4. The van der Waals surface area contributed by atoms with Crippen molar-refractivity contribution in [1.29, 1.82) is 0 Å². The Labute approximate surface area is 120 Å². The van der Waals surface area contributed by atoms with Crippen molar-refractivity contribution in [3.05, 3.63) is 17.9 Å². The number of hydrogen-bond acceptors (Lipinski definition) is 3. The number of benzene rings is 1. The Kier molecular flexibility index (Phi) is 5.10. The first-order chi connectivity index (χ1) is 9.61. The van der Waals surface area contributed by atoms with Gasteiger partial charge in [0.15, 0.2) is 11.6 Å². The highest BCUT2D eigenvalue weighted by Gasteiger charge is 2.23. The van der Waals surface area contributed by atoms with Crippen LogP contribution in [0.3, 0.4) is 0 Å². The predicted molar refractivity (Wildman–Crippen MR) is 81.6 cm³/mol. The van der Waals surface area contributed by atoms with E-state index in [1.54, 1.807) is 6.07 Å². The second kappa shape index (κ2) is 6.82. The van der Waals surface area contributed by atoms with Crippen LogP contribution in [0.4, 0.5) is 15.8 Å². The van der Waals surface area contributed by atoms with Gasteiger partial charge in [-0.15, -0.1) is 0 Å². The molecule has 0 heterocycles. The summed E-state index contributed by atoms with van der Waals surface area (Å²) in [4.78, 5) is 0. The third kappa shape index (κ3) is 3.56. The predicted octanol–water partition coefficient (Wildman–Crippen LogP) is 4.04. The minimum absolute atomic E-state index is 0.281. The van der Waals surface area contributed by atoms with E-state index >= 15 is 0 Å².